The van der Waals surface area contributed by atoms with E-state index < -0.39 is 0 Å². The van der Waals surface area contributed by atoms with Crippen LogP contribution >= 0.6 is 0 Å². The molecule has 160 valence electrons. The molecule has 2 aromatic carbocycles. The Bertz CT molecular complexity index is 880. The third-order valence-electron chi connectivity index (χ3n) is 5.82. The monoisotopic (exact) mass is 408 g/mol. The first-order valence-corrected chi connectivity index (χ1v) is 10.9. The molecular weight excluding hydrogens is 376 g/mol. The second kappa shape index (κ2) is 10.3. The number of rotatable bonds is 7. The summed E-state index contributed by atoms with van der Waals surface area (Å²) in [5.41, 5.74) is 3.19. The number of carbonyl (C=O) groups is 2. The van der Waals surface area contributed by atoms with Crippen molar-refractivity contribution in [2.75, 3.05) is 33.3 Å². The zero-order chi connectivity index (χ0) is 21.5. The Kier molecular flexibility index (Phi) is 7.50. The van der Waals surface area contributed by atoms with Crippen LogP contribution in [0.3, 0.4) is 0 Å². The van der Waals surface area contributed by atoms with Gasteiger partial charge in [0.1, 0.15) is 5.75 Å². The van der Waals surface area contributed by atoms with Crippen LogP contribution in [0.5, 0.6) is 5.75 Å². The summed E-state index contributed by atoms with van der Waals surface area (Å²) in [6.07, 6.45) is 1.95. The molecule has 1 aliphatic heterocycles. The van der Waals surface area contributed by atoms with Crippen LogP contribution in [0.1, 0.15) is 32.3 Å². The topological polar surface area (TPSA) is 49.9 Å². The molecule has 1 fully saturated rings. The maximum Gasteiger partial charge on any atom is 0.227 e. The Morgan fingerprint density at radius 2 is 1.73 bits per heavy atom. The summed E-state index contributed by atoms with van der Waals surface area (Å²) in [5.74, 6) is 0.849. The largest absolute Gasteiger partial charge is 0.496 e. The van der Waals surface area contributed by atoms with Crippen molar-refractivity contribution in [3.63, 3.8) is 0 Å². The minimum absolute atomic E-state index is 0.138. The number of hydrogen-bond acceptors (Lipinski definition) is 3. The summed E-state index contributed by atoms with van der Waals surface area (Å²) in [4.78, 5) is 29.6. The number of benzene rings is 2. The fourth-order valence-electron chi connectivity index (χ4n) is 4.20. The van der Waals surface area contributed by atoms with Crippen LogP contribution in [-0.2, 0) is 16.0 Å². The molecule has 0 spiro atoms. The summed E-state index contributed by atoms with van der Waals surface area (Å²) in [6.45, 7) is 6.38. The molecule has 1 heterocycles. The van der Waals surface area contributed by atoms with Gasteiger partial charge in [0.05, 0.1) is 13.0 Å². The van der Waals surface area contributed by atoms with Gasteiger partial charge in [-0.15, -0.1) is 0 Å². The molecule has 1 atom stereocenters. The highest BCUT2D eigenvalue weighted by atomic mass is 16.5. The van der Waals surface area contributed by atoms with Gasteiger partial charge in [0.2, 0.25) is 11.8 Å². The van der Waals surface area contributed by atoms with Gasteiger partial charge in [-0.05, 0) is 37.0 Å². The first-order chi connectivity index (χ1) is 14.6. The summed E-state index contributed by atoms with van der Waals surface area (Å²) in [7, 11) is 1.67. The van der Waals surface area contributed by atoms with Gasteiger partial charge in [-0.3, -0.25) is 9.59 Å². The minimum atomic E-state index is -0.246. The van der Waals surface area contributed by atoms with E-state index in [4.69, 9.17) is 4.74 Å². The maximum atomic E-state index is 13.2. The van der Waals surface area contributed by atoms with Gasteiger partial charge in [-0.1, -0.05) is 49.4 Å². The molecule has 1 aliphatic rings. The van der Waals surface area contributed by atoms with Gasteiger partial charge in [0.15, 0.2) is 0 Å². The predicted octanol–water partition coefficient (Wildman–Crippen LogP) is 4.01. The van der Waals surface area contributed by atoms with E-state index in [9.17, 15) is 9.59 Å². The van der Waals surface area contributed by atoms with Crippen molar-refractivity contribution in [1.29, 1.82) is 0 Å². The molecule has 0 aliphatic carbocycles. The summed E-state index contributed by atoms with van der Waals surface area (Å²) in [6, 6.07) is 16.1. The number of carbonyl (C=O) groups excluding carboxylic acids is 2. The molecule has 0 bridgehead atoms. The normalized spacial score (nSPS) is 17.0. The molecule has 0 radical (unpaired) electrons. The van der Waals surface area contributed by atoms with Crippen molar-refractivity contribution >= 4 is 11.8 Å². The highest BCUT2D eigenvalue weighted by Gasteiger charge is 2.32. The molecular formula is C25H32N2O3. The van der Waals surface area contributed by atoms with E-state index in [0.29, 0.717) is 39.0 Å². The fourth-order valence-corrected chi connectivity index (χ4v) is 4.20. The predicted molar refractivity (Wildman–Crippen MR) is 119 cm³/mol. The van der Waals surface area contributed by atoms with Crippen LogP contribution < -0.4 is 4.74 Å². The number of nitrogens with zero attached hydrogens (tertiary/aromatic N) is 2. The highest BCUT2D eigenvalue weighted by molar-refractivity contribution is 5.83. The molecule has 0 aromatic heterocycles. The Morgan fingerprint density at radius 1 is 1.03 bits per heavy atom. The average molecular weight is 409 g/mol. The molecule has 2 aromatic rings. The van der Waals surface area contributed by atoms with Crippen molar-refractivity contribution in [2.45, 2.75) is 33.1 Å². The second-order valence-electron chi connectivity index (χ2n) is 7.77. The van der Waals surface area contributed by atoms with Gasteiger partial charge in [0.25, 0.3) is 0 Å². The second-order valence-corrected chi connectivity index (χ2v) is 7.77. The number of para-hydroxylation sites is 1. The fraction of sp³-hybridized carbons (Fsp3) is 0.440. The van der Waals surface area contributed by atoms with E-state index >= 15 is 0 Å². The molecule has 2 amide bonds. The number of hydrogen-bond donors (Lipinski definition) is 0. The Hall–Kier alpha value is -2.82. The molecule has 0 N–H and O–H groups in total. The Labute approximate surface area is 179 Å². The van der Waals surface area contributed by atoms with Crippen molar-refractivity contribution in [3.8, 4) is 16.9 Å². The maximum absolute atomic E-state index is 13.2. The Morgan fingerprint density at radius 3 is 2.43 bits per heavy atom. The lowest BCUT2D eigenvalue weighted by atomic mass is 9.91. The van der Waals surface area contributed by atoms with Crippen molar-refractivity contribution in [1.82, 2.24) is 9.80 Å². The van der Waals surface area contributed by atoms with Crippen LogP contribution in [-0.4, -0.2) is 54.9 Å². The molecule has 1 unspecified atom stereocenters. The number of ether oxygens (including phenoxy) is 1. The minimum Gasteiger partial charge on any atom is -0.496 e. The van der Waals surface area contributed by atoms with Crippen molar-refractivity contribution in [3.05, 3.63) is 54.1 Å². The van der Waals surface area contributed by atoms with Crippen LogP contribution in [0.15, 0.2) is 48.5 Å². The van der Waals surface area contributed by atoms with E-state index in [1.54, 1.807) is 7.11 Å². The van der Waals surface area contributed by atoms with E-state index in [2.05, 4.69) is 12.1 Å². The van der Waals surface area contributed by atoms with Gasteiger partial charge < -0.3 is 14.5 Å². The summed E-state index contributed by atoms with van der Waals surface area (Å²) in [5, 5.41) is 0. The molecule has 0 saturated carbocycles. The van der Waals surface area contributed by atoms with Crippen LogP contribution in [0.25, 0.3) is 11.1 Å². The first kappa shape index (κ1) is 21.9. The van der Waals surface area contributed by atoms with Crippen LogP contribution in [0.4, 0.5) is 0 Å². The van der Waals surface area contributed by atoms with E-state index in [0.717, 1.165) is 28.9 Å². The zero-order valence-corrected chi connectivity index (χ0v) is 18.3. The van der Waals surface area contributed by atoms with Gasteiger partial charge >= 0.3 is 0 Å². The smallest absolute Gasteiger partial charge is 0.227 e. The number of amides is 2. The lowest BCUT2D eigenvalue weighted by molar-refractivity contribution is -0.134. The number of likely N-dealkylation sites (N-methyl/N-ethyl adjacent to an activating group) is 1. The van der Waals surface area contributed by atoms with Crippen LogP contribution in [0, 0.1) is 5.92 Å². The average Bonchev–Trinajstić information content (AvgIpc) is 2.93. The molecule has 30 heavy (non-hydrogen) atoms. The lowest BCUT2D eigenvalue weighted by Gasteiger charge is -2.24. The van der Waals surface area contributed by atoms with E-state index in [-0.39, 0.29) is 17.7 Å². The molecule has 1 saturated heterocycles. The quantitative estimate of drug-likeness (QED) is 0.695. The third kappa shape index (κ3) is 4.84. The lowest BCUT2D eigenvalue weighted by Crippen LogP contribution is -2.37. The van der Waals surface area contributed by atoms with Crippen molar-refractivity contribution in [2.24, 2.45) is 5.92 Å². The molecule has 5 nitrogen and oxygen atoms in total. The standard InChI is InChI=1S/C25H32N2O3/c1-4-10-24(28)27-16-15-26(5-2)25(29)20(18-27)17-19-11-6-7-12-21(19)22-13-8-9-14-23(22)30-3/h6-9,11-14,20H,4-5,10,15-18H2,1-3H3. The zero-order valence-electron chi connectivity index (χ0n) is 18.3. The SMILES string of the molecule is CCCC(=O)N1CCN(CC)C(=O)C(Cc2ccccc2-c2ccccc2OC)C1. The summed E-state index contributed by atoms with van der Waals surface area (Å²) >= 11 is 0. The molecule has 3 rings (SSSR count). The first-order valence-electron chi connectivity index (χ1n) is 10.9. The highest BCUT2D eigenvalue weighted by Crippen LogP contribution is 2.33. The van der Waals surface area contributed by atoms with E-state index in [1.807, 2.05) is 60.0 Å². The Balaban J connectivity index is 1.93. The third-order valence-corrected chi connectivity index (χ3v) is 5.82. The summed E-state index contributed by atoms with van der Waals surface area (Å²) < 4.78 is 5.57. The number of methoxy groups -OCH3 is 1. The van der Waals surface area contributed by atoms with Crippen LogP contribution in [0.2, 0.25) is 0 Å². The van der Waals surface area contributed by atoms with E-state index in [1.165, 1.54) is 0 Å². The molecule has 5 heteroatoms. The van der Waals surface area contributed by atoms with Gasteiger partial charge in [-0.25, -0.2) is 0 Å². The van der Waals surface area contributed by atoms with Gasteiger partial charge in [0, 0.05) is 38.2 Å². The van der Waals surface area contributed by atoms with Gasteiger partial charge in [-0.2, -0.15) is 0 Å². The van der Waals surface area contributed by atoms with Crippen molar-refractivity contribution < 1.29 is 14.3 Å².